The van der Waals surface area contributed by atoms with Gasteiger partial charge in [-0.25, -0.2) is 0 Å². The van der Waals surface area contributed by atoms with E-state index in [1.165, 1.54) is 73.9 Å². The van der Waals surface area contributed by atoms with E-state index in [-0.39, 0.29) is 6.04 Å². The number of rotatable bonds is 12. The van der Waals surface area contributed by atoms with Gasteiger partial charge in [0, 0.05) is 58.2 Å². The van der Waals surface area contributed by atoms with Crippen LogP contribution >= 0.6 is 0 Å². The Morgan fingerprint density at radius 1 is 0.654 bits per heavy atom. The van der Waals surface area contributed by atoms with Crippen LogP contribution in [0.25, 0.3) is 34.0 Å². The van der Waals surface area contributed by atoms with Gasteiger partial charge in [-0.2, -0.15) is 0 Å². The van der Waals surface area contributed by atoms with Gasteiger partial charge >= 0.3 is 0 Å². The molecule has 2 N–H and O–H groups in total. The Labute approximate surface area is 310 Å². The first-order valence-electron chi connectivity index (χ1n) is 19.8. The van der Waals surface area contributed by atoms with Gasteiger partial charge in [-0.05, 0) is 120 Å². The first-order valence-corrected chi connectivity index (χ1v) is 19.8. The summed E-state index contributed by atoms with van der Waals surface area (Å²) >= 11 is 0. The smallest absolute Gasteiger partial charge is 0.0488 e. The zero-order chi connectivity index (χ0) is 35.8. The zero-order valence-corrected chi connectivity index (χ0v) is 31.6. The lowest BCUT2D eigenvalue weighted by atomic mass is 9.84. The molecule has 0 spiro atoms. The van der Waals surface area contributed by atoms with Gasteiger partial charge in [0.2, 0.25) is 0 Å². The number of aryl methyl sites for hydroxylation is 1. The van der Waals surface area contributed by atoms with Crippen LogP contribution in [0.3, 0.4) is 0 Å². The van der Waals surface area contributed by atoms with Crippen molar-refractivity contribution < 1.29 is 0 Å². The van der Waals surface area contributed by atoms with Crippen molar-refractivity contribution in [2.45, 2.75) is 91.3 Å². The summed E-state index contributed by atoms with van der Waals surface area (Å²) in [5, 5.41) is 2.89. The maximum Gasteiger partial charge on any atom is 0.0488 e. The highest BCUT2D eigenvalue weighted by Crippen LogP contribution is 2.40. The third-order valence-electron chi connectivity index (χ3n) is 11.5. The molecule has 2 aromatic heterocycles. The highest BCUT2D eigenvalue weighted by molar-refractivity contribution is 5.91. The van der Waals surface area contributed by atoms with Crippen LogP contribution in [0.5, 0.6) is 0 Å². The molecule has 0 radical (unpaired) electrons. The number of aromatic nitrogens is 2. The largest absolute Gasteiger partial charge is 0.340 e. The minimum Gasteiger partial charge on any atom is -0.340 e. The van der Waals surface area contributed by atoms with E-state index >= 15 is 0 Å². The van der Waals surface area contributed by atoms with E-state index in [0.717, 1.165) is 38.8 Å². The van der Waals surface area contributed by atoms with E-state index in [9.17, 15) is 0 Å². The van der Waals surface area contributed by atoms with Gasteiger partial charge in [0.05, 0.1) is 0 Å². The second kappa shape index (κ2) is 14.8. The van der Waals surface area contributed by atoms with Crippen molar-refractivity contribution >= 4 is 34.0 Å². The molecule has 266 valence electrons. The minimum absolute atomic E-state index is 0.0274. The first-order chi connectivity index (χ1) is 25.3. The third-order valence-corrected chi connectivity index (χ3v) is 11.5. The summed E-state index contributed by atoms with van der Waals surface area (Å²) < 4.78 is 5.15. The van der Waals surface area contributed by atoms with Gasteiger partial charge in [0.1, 0.15) is 0 Å². The molecule has 0 saturated carbocycles. The lowest BCUT2D eigenvalue weighted by molar-refractivity contribution is 0.523. The molecule has 8 rings (SSSR count). The normalized spacial score (nSPS) is 17.4. The van der Waals surface area contributed by atoms with Crippen molar-refractivity contribution in [3.63, 3.8) is 0 Å². The second-order valence-electron chi connectivity index (χ2n) is 16.5. The van der Waals surface area contributed by atoms with Crippen LogP contribution in [-0.2, 0) is 38.8 Å². The Kier molecular flexibility index (Phi) is 9.81. The molecule has 6 aromatic rings. The molecule has 2 aliphatic carbocycles. The molecular formula is C49H55N3. The van der Waals surface area contributed by atoms with E-state index < -0.39 is 0 Å². The summed E-state index contributed by atoms with van der Waals surface area (Å²) in [6, 6.07) is 36.1. The molecule has 0 aliphatic heterocycles. The van der Waals surface area contributed by atoms with Crippen molar-refractivity contribution in [3.8, 4) is 0 Å². The Morgan fingerprint density at radius 3 is 2.04 bits per heavy atom. The molecule has 3 atom stereocenters. The van der Waals surface area contributed by atoms with Crippen LogP contribution in [0.15, 0.2) is 109 Å². The zero-order valence-electron chi connectivity index (χ0n) is 31.6. The Balaban J connectivity index is 0.989. The van der Waals surface area contributed by atoms with E-state index in [1.54, 1.807) is 5.56 Å². The fraction of sp³-hybridized carbons (Fsp3) is 0.347. The second-order valence-corrected chi connectivity index (χ2v) is 16.5. The Hall–Kier alpha value is -4.60. The van der Waals surface area contributed by atoms with Crippen LogP contribution in [0.2, 0.25) is 0 Å². The molecule has 3 nitrogen and oxygen atoms in total. The van der Waals surface area contributed by atoms with E-state index in [1.807, 2.05) is 0 Å². The van der Waals surface area contributed by atoms with E-state index in [0.29, 0.717) is 23.7 Å². The number of nitrogens with zero attached hydrogens (tertiary/aromatic N) is 2. The van der Waals surface area contributed by atoms with Crippen LogP contribution in [0.1, 0.15) is 97.3 Å². The molecular weight excluding hydrogens is 631 g/mol. The SMILES string of the molecule is CC(C)Cn1c2c(c3cc(C4C=Cc5c(c6ccccc6n5CC(C)C)C4)ccc31)CC(CCCc1ccc(C(N)Cc3ccccc3)cc1)C=C2. The van der Waals surface area contributed by atoms with Crippen LogP contribution < -0.4 is 5.73 Å². The van der Waals surface area contributed by atoms with Crippen LogP contribution in [0.4, 0.5) is 0 Å². The summed E-state index contributed by atoms with van der Waals surface area (Å²) in [5.41, 5.74) is 20.6. The number of benzene rings is 4. The molecule has 3 unspecified atom stereocenters. The number of hydrogen-bond acceptors (Lipinski definition) is 1. The highest BCUT2D eigenvalue weighted by Gasteiger charge is 2.26. The van der Waals surface area contributed by atoms with Crippen molar-refractivity contribution in [1.82, 2.24) is 9.13 Å². The molecule has 2 aliphatic rings. The summed E-state index contributed by atoms with van der Waals surface area (Å²) in [6.45, 7) is 11.4. The Morgan fingerprint density at radius 2 is 1.31 bits per heavy atom. The van der Waals surface area contributed by atoms with Gasteiger partial charge in [-0.3, -0.25) is 0 Å². The van der Waals surface area contributed by atoms with Gasteiger partial charge in [-0.15, -0.1) is 0 Å². The van der Waals surface area contributed by atoms with Gasteiger partial charge in [0.25, 0.3) is 0 Å². The molecule has 3 heteroatoms. The van der Waals surface area contributed by atoms with E-state index in [2.05, 4.69) is 158 Å². The molecule has 0 amide bonds. The van der Waals surface area contributed by atoms with Crippen molar-refractivity contribution in [1.29, 1.82) is 0 Å². The Bertz CT molecular complexity index is 2220. The number of para-hydroxylation sites is 1. The quantitative estimate of drug-likeness (QED) is 0.137. The summed E-state index contributed by atoms with van der Waals surface area (Å²) in [5.74, 6) is 2.15. The topological polar surface area (TPSA) is 35.9 Å². The number of nitrogens with two attached hydrogens (primary N) is 1. The molecule has 2 heterocycles. The van der Waals surface area contributed by atoms with Gasteiger partial charge in [0.15, 0.2) is 0 Å². The van der Waals surface area contributed by atoms with Crippen LogP contribution in [-0.4, -0.2) is 9.13 Å². The molecule has 0 saturated heterocycles. The molecule has 0 fully saturated rings. The number of hydrogen-bond donors (Lipinski definition) is 1. The fourth-order valence-corrected chi connectivity index (χ4v) is 8.99. The van der Waals surface area contributed by atoms with Crippen molar-refractivity contribution in [2.24, 2.45) is 23.5 Å². The van der Waals surface area contributed by atoms with E-state index in [4.69, 9.17) is 5.73 Å². The van der Waals surface area contributed by atoms with Crippen molar-refractivity contribution in [3.05, 3.63) is 154 Å². The van der Waals surface area contributed by atoms with Crippen LogP contribution in [0, 0.1) is 17.8 Å². The standard InChI is InChI=1S/C49H55N3/c1-33(2)31-51-46-16-9-8-15-41(46)43-29-39(22-25-48(43)51)40-23-26-49-44(30-40)42-27-37(19-24-47(42)52(49)32-34(3)4)14-10-13-35-17-20-38(21-18-35)45(50)28-36-11-6-5-7-12-36/h5-9,11-12,15-26,30,33-34,37,39,45H,10,13-14,27-29,31-32,50H2,1-4H3. The maximum atomic E-state index is 6.57. The van der Waals surface area contributed by atoms with Gasteiger partial charge < -0.3 is 14.9 Å². The monoisotopic (exact) mass is 685 g/mol. The lowest BCUT2D eigenvalue weighted by Gasteiger charge is -2.21. The van der Waals surface area contributed by atoms with Gasteiger partial charge in [-0.1, -0.05) is 119 Å². The fourth-order valence-electron chi connectivity index (χ4n) is 8.99. The first kappa shape index (κ1) is 34.5. The molecule has 0 bridgehead atoms. The molecule has 4 aromatic carbocycles. The highest BCUT2D eigenvalue weighted by atomic mass is 15.0. The van der Waals surface area contributed by atoms with Crippen molar-refractivity contribution in [2.75, 3.05) is 0 Å². The summed E-state index contributed by atoms with van der Waals surface area (Å²) in [6.07, 6.45) is 16.4. The predicted octanol–water partition coefficient (Wildman–Crippen LogP) is 11.7. The average Bonchev–Trinajstić information content (AvgIpc) is 3.62. The lowest BCUT2D eigenvalue weighted by Crippen LogP contribution is -2.13. The minimum atomic E-state index is 0.0274. The number of fused-ring (bicyclic) bond motifs is 6. The maximum absolute atomic E-state index is 6.57. The average molecular weight is 686 g/mol. The summed E-state index contributed by atoms with van der Waals surface area (Å²) in [7, 11) is 0. The molecule has 52 heavy (non-hydrogen) atoms. The number of allylic oxidation sites excluding steroid dienone is 2. The summed E-state index contributed by atoms with van der Waals surface area (Å²) in [4.78, 5) is 0. The third kappa shape index (κ3) is 6.96. The predicted molar refractivity (Wildman–Crippen MR) is 222 cm³/mol.